The zero-order chi connectivity index (χ0) is 15.1. The topological polar surface area (TPSA) is 107 Å². The van der Waals surface area contributed by atoms with Crippen molar-refractivity contribution < 1.29 is 13.2 Å². The molecule has 0 spiro atoms. The van der Waals surface area contributed by atoms with Crippen LogP contribution in [0.5, 0.6) is 0 Å². The molecule has 20 heavy (non-hydrogen) atoms. The molecule has 108 valence electrons. The molecule has 2 aromatic heterocycles. The molecular formula is C9H8Br2N4O3S2. The summed E-state index contributed by atoms with van der Waals surface area (Å²) in [7, 11) is -2.43. The number of aromatic nitrogens is 2. The molecule has 0 aliphatic rings. The Balaban J connectivity index is 2.36. The van der Waals surface area contributed by atoms with E-state index >= 15 is 0 Å². The van der Waals surface area contributed by atoms with Gasteiger partial charge in [-0.05, 0) is 37.9 Å². The number of nitrogens with two attached hydrogens (primary N) is 1. The second kappa shape index (κ2) is 5.56. The zero-order valence-electron chi connectivity index (χ0n) is 9.92. The standard InChI is InChI=1S/C9H8Br2N4O3S2/c1-15-3-5(20(12,17)18)8(14-15)13-9(16)4-2-6(10)19-7(4)11/h2-3H,1H3,(H2,12,17,18)(H,13,14,16). The first-order valence-corrected chi connectivity index (χ1v) is 8.96. The normalized spacial score (nSPS) is 11.6. The second-order valence-corrected chi connectivity index (χ2v) is 9.03. The minimum Gasteiger partial charge on any atom is -0.304 e. The van der Waals surface area contributed by atoms with Crippen molar-refractivity contribution in [1.82, 2.24) is 9.78 Å². The lowest BCUT2D eigenvalue weighted by Crippen LogP contribution is -2.17. The number of carbonyl (C=O) groups is 1. The number of nitrogens with zero attached hydrogens (tertiary/aromatic N) is 2. The number of aryl methyl sites for hydroxylation is 1. The first kappa shape index (κ1) is 15.6. The van der Waals surface area contributed by atoms with Gasteiger partial charge in [0.1, 0.15) is 4.90 Å². The largest absolute Gasteiger partial charge is 0.304 e. The molecule has 2 heterocycles. The summed E-state index contributed by atoms with van der Waals surface area (Å²) in [6.07, 6.45) is 1.23. The Morgan fingerprint density at radius 2 is 2.15 bits per heavy atom. The van der Waals surface area contributed by atoms with Crippen molar-refractivity contribution in [3.05, 3.63) is 25.4 Å². The SMILES string of the molecule is Cn1cc(S(N)(=O)=O)c(NC(=O)c2cc(Br)sc2Br)n1. The lowest BCUT2D eigenvalue weighted by molar-refractivity contribution is 0.102. The van der Waals surface area contributed by atoms with E-state index in [-0.39, 0.29) is 10.7 Å². The molecule has 11 heteroatoms. The number of hydrogen-bond acceptors (Lipinski definition) is 5. The molecule has 0 saturated carbocycles. The predicted octanol–water partition coefficient (Wildman–Crippen LogP) is 1.91. The smallest absolute Gasteiger partial charge is 0.258 e. The molecule has 0 atom stereocenters. The van der Waals surface area contributed by atoms with E-state index in [4.69, 9.17) is 5.14 Å². The van der Waals surface area contributed by atoms with E-state index in [1.165, 1.54) is 29.3 Å². The summed E-state index contributed by atoms with van der Waals surface area (Å²) >= 11 is 7.84. The summed E-state index contributed by atoms with van der Waals surface area (Å²) < 4.78 is 25.5. The number of anilines is 1. The van der Waals surface area contributed by atoms with Crippen molar-refractivity contribution >= 4 is 64.9 Å². The highest BCUT2D eigenvalue weighted by molar-refractivity contribution is 9.12. The number of sulfonamides is 1. The van der Waals surface area contributed by atoms with E-state index in [0.29, 0.717) is 9.35 Å². The van der Waals surface area contributed by atoms with Gasteiger partial charge in [-0.25, -0.2) is 13.6 Å². The van der Waals surface area contributed by atoms with E-state index in [1.807, 2.05) is 0 Å². The zero-order valence-corrected chi connectivity index (χ0v) is 14.7. The Hall–Kier alpha value is -0.750. The van der Waals surface area contributed by atoms with Crippen LogP contribution in [-0.4, -0.2) is 24.1 Å². The fourth-order valence-electron chi connectivity index (χ4n) is 1.43. The maximum atomic E-state index is 12.1. The summed E-state index contributed by atoms with van der Waals surface area (Å²) in [5, 5.41) is 11.4. The number of nitrogens with one attached hydrogen (secondary N) is 1. The van der Waals surface area contributed by atoms with Gasteiger partial charge in [0.15, 0.2) is 5.82 Å². The minimum absolute atomic E-state index is 0.103. The molecule has 3 N–H and O–H groups in total. The van der Waals surface area contributed by atoms with Gasteiger partial charge in [-0.2, -0.15) is 5.10 Å². The van der Waals surface area contributed by atoms with Crippen molar-refractivity contribution in [1.29, 1.82) is 0 Å². The fraction of sp³-hybridized carbons (Fsp3) is 0.111. The Morgan fingerprint density at radius 3 is 2.65 bits per heavy atom. The summed E-state index contributed by atoms with van der Waals surface area (Å²) in [6.45, 7) is 0. The number of hydrogen-bond donors (Lipinski definition) is 2. The van der Waals surface area contributed by atoms with E-state index in [9.17, 15) is 13.2 Å². The van der Waals surface area contributed by atoms with Crippen molar-refractivity contribution in [3.63, 3.8) is 0 Å². The molecule has 0 aromatic carbocycles. The van der Waals surface area contributed by atoms with Crippen LogP contribution in [0.1, 0.15) is 10.4 Å². The van der Waals surface area contributed by atoms with E-state index in [2.05, 4.69) is 42.3 Å². The lowest BCUT2D eigenvalue weighted by Gasteiger charge is -2.02. The molecule has 0 unspecified atom stereocenters. The van der Waals surface area contributed by atoms with Gasteiger partial charge in [-0.3, -0.25) is 9.48 Å². The molecule has 1 amide bonds. The van der Waals surface area contributed by atoms with Crippen LogP contribution in [0.15, 0.2) is 24.7 Å². The quantitative estimate of drug-likeness (QED) is 0.755. The average molecular weight is 444 g/mol. The maximum absolute atomic E-state index is 12.1. The Labute approximate surface area is 135 Å². The number of rotatable bonds is 3. The number of amides is 1. The summed E-state index contributed by atoms with van der Waals surface area (Å²) in [5.41, 5.74) is 0.368. The molecule has 0 fully saturated rings. The molecule has 7 nitrogen and oxygen atoms in total. The van der Waals surface area contributed by atoms with Crippen LogP contribution in [0.25, 0.3) is 0 Å². The Kier molecular flexibility index (Phi) is 4.35. The summed E-state index contributed by atoms with van der Waals surface area (Å²) in [4.78, 5) is 11.9. The van der Waals surface area contributed by atoms with Crippen molar-refractivity contribution in [2.24, 2.45) is 12.2 Å². The van der Waals surface area contributed by atoms with Crippen LogP contribution >= 0.6 is 43.2 Å². The third-order valence-corrected chi connectivity index (χ3v) is 5.49. The van der Waals surface area contributed by atoms with Crippen LogP contribution < -0.4 is 10.5 Å². The summed E-state index contributed by atoms with van der Waals surface area (Å²) in [6, 6.07) is 1.61. The minimum atomic E-state index is -3.96. The number of carbonyl (C=O) groups excluding carboxylic acids is 1. The average Bonchev–Trinajstić information content (AvgIpc) is 2.81. The highest BCUT2D eigenvalue weighted by Crippen LogP contribution is 2.32. The highest BCUT2D eigenvalue weighted by atomic mass is 79.9. The molecular weight excluding hydrogens is 436 g/mol. The Morgan fingerprint density at radius 1 is 1.50 bits per heavy atom. The predicted molar refractivity (Wildman–Crippen MR) is 82.3 cm³/mol. The molecule has 0 radical (unpaired) electrons. The van der Waals surface area contributed by atoms with Gasteiger partial charge in [-0.1, -0.05) is 0 Å². The van der Waals surface area contributed by atoms with Crippen molar-refractivity contribution in [2.75, 3.05) is 5.32 Å². The molecule has 0 bridgehead atoms. The number of thiophene rings is 1. The van der Waals surface area contributed by atoms with Gasteiger partial charge in [0.25, 0.3) is 5.91 Å². The highest BCUT2D eigenvalue weighted by Gasteiger charge is 2.22. The second-order valence-electron chi connectivity index (χ2n) is 3.75. The lowest BCUT2D eigenvalue weighted by atomic mass is 10.3. The monoisotopic (exact) mass is 442 g/mol. The summed E-state index contributed by atoms with van der Waals surface area (Å²) in [5.74, 6) is -0.586. The van der Waals surface area contributed by atoms with E-state index in [1.54, 1.807) is 6.07 Å². The van der Waals surface area contributed by atoms with Crippen LogP contribution in [0, 0.1) is 0 Å². The first-order chi connectivity index (χ1) is 9.18. The van der Waals surface area contributed by atoms with Gasteiger partial charge < -0.3 is 5.32 Å². The van der Waals surface area contributed by atoms with Crippen LogP contribution in [-0.2, 0) is 17.1 Å². The molecule has 0 aliphatic carbocycles. The maximum Gasteiger partial charge on any atom is 0.258 e. The number of primary sulfonamides is 1. The Bertz CT molecular complexity index is 781. The van der Waals surface area contributed by atoms with Gasteiger partial charge in [-0.15, -0.1) is 11.3 Å². The van der Waals surface area contributed by atoms with Gasteiger partial charge in [0.2, 0.25) is 10.0 Å². The number of halogens is 2. The van der Waals surface area contributed by atoms with Crippen LogP contribution in [0.4, 0.5) is 5.82 Å². The van der Waals surface area contributed by atoms with Crippen LogP contribution in [0.3, 0.4) is 0 Å². The third-order valence-electron chi connectivity index (χ3n) is 2.23. The van der Waals surface area contributed by atoms with E-state index in [0.717, 1.165) is 3.79 Å². The molecule has 2 rings (SSSR count). The van der Waals surface area contributed by atoms with Gasteiger partial charge >= 0.3 is 0 Å². The third kappa shape index (κ3) is 3.28. The van der Waals surface area contributed by atoms with Crippen LogP contribution in [0.2, 0.25) is 0 Å². The van der Waals surface area contributed by atoms with Crippen molar-refractivity contribution in [2.45, 2.75) is 4.90 Å². The molecule has 0 aliphatic heterocycles. The van der Waals surface area contributed by atoms with E-state index < -0.39 is 15.9 Å². The molecule has 0 saturated heterocycles. The van der Waals surface area contributed by atoms with Crippen molar-refractivity contribution in [3.8, 4) is 0 Å². The first-order valence-electron chi connectivity index (χ1n) is 5.01. The molecule has 2 aromatic rings. The van der Waals surface area contributed by atoms with Gasteiger partial charge in [0, 0.05) is 13.2 Å². The van der Waals surface area contributed by atoms with Gasteiger partial charge in [0.05, 0.1) is 13.1 Å². The fourth-order valence-corrected chi connectivity index (χ4v) is 4.89.